The van der Waals surface area contributed by atoms with Crippen molar-refractivity contribution in [1.29, 1.82) is 0 Å². The van der Waals surface area contributed by atoms with Gasteiger partial charge in [0.05, 0.1) is 13.2 Å². The summed E-state index contributed by atoms with van der Waals surface area (Å²) >= 11 is 5.81. The van der Waals surface area contributed by atoms with Crippen LogP contribution in [0.4, 0.5) is 0 Å². The van der Waals surface area contributed by atoms with Gasteiger partial charge in [-0.3, -0.25) is 0 Å². The minimum absolute atomic E-state index is 0.179. The third kappa shape index (κ3) is 10.5. The molecule has 0 amide bonds. The maximum Gasteiger partial charge on any atom is 0.0700 e. The predicted molar refractivity (Wildman–Crippen MR) is 64.7 cm³/mol. The molecule has 0 saturated carbocycles. The standard InChI is InChI=1S/C11H24ClNO2/c1-11(2,9-12)10-13-5-4-6-15-8-7-14-3/h13H,4-10H2,1-3H3. The van der Waals surface area contributed by atoms with Crippen LogP contribution in [0, 0.1) is 5.41 Å². The zero-order valence-corrected chi connectivity index (χ0v) is 10.9. The first kappa shape index (κ1) is 15.2. The molecule has 0 aliphatic heterocycles. The Morgan fingerprint density at radius 1 is 1.20 bits per heavy atom. The molecule has 0 aromatic rings. The van der Waals surface area contributed by atoms with Crippen LogP contribution in [-0.2, 0) is 9.47 Å². The smallest absolute Gasteiger partial charge is 0.0700 e. The van der Waals surface area contributed by atoms with Crippen molar-refractivity contribution in [3.63, 3.8) is 0 Å². The number of alkyl halides is 1. The second kappa shape index (κ2) is 9.40. The molecule has 15 heavy (non-hydrogen) atoms. The lowest BCUT2D eigenvalue weighted by Crippen LogP contribution is -2.31. The van der Waals surface area contributed by atoms with Crippen LogP contribution in [-0.4, -0.2) is 45.9 Å². The minimum Gasteiger partial charge on any atom is -0.382 e. The molecular formula is C11H24ClNO2. The number of methoxy groups -OCH3 is 1. The average molecular weight is 238 g/mol. The molecule has 0 fully saturated rings. The van der Waals surface area contributed by atoms with Crippen molar-refractivity contribution in [2.75, 3.05) is 45.9 Å². The van der Waals surface area contributed by atoms with Crippen molar-refractivity contribution in [1.82, 2.24) is 5.32 Å². The first-order valence-electron chi connectivity index (χ1n) is 5.46. The van der Waals surface area contributed by atoms with E-state index in [9.17, 15) is 0 Å². The van der Waals surface area contributed by atoms with Gasteiger partial charge in [-0.2, -0.15) is 0 Å². The Labute approximate surface area is 98.5 Å². The van der Waals surface area contributed by atoms with Gasteiger partial charge in [0, 0.05) is 26.1 Å². The van der Waals surface area contributed by atoms with E-state index in [1.165, 1.54) is 0 Å². The average Bonchev–Trinajstić information content (AvgIpc) is 2.22. The lowest BCUT2D eigenvalue weighted by molar-refractivity contribution is 0.0693. The van der Waals surface area contributed by atoms with E-state index >= 15 is 0 Å². The van der Waals surface area contributed by atoms with Crippen LogP contribution in [0.5, 0.6) is 0 Å². The largest absolute Gasteiger partial charge is 0.382 e. The summed E-state index contributed by atoms with van der Waals surface area (Å²) < 4.78 is 10.2. The normalized spacial score (nSPS) is 12.0. The first-order chi connectivity index (χ1) is 7.12. The van der Waals surface area contributed by atoms with Gasteiger partial charge in [-0.15, -0.1) is 11.6 Å². The molecule has 0 heterocycles. The number of rotatable bonds is 10. The zero-order chi connectivity index (χ0) is 11.6. The SMILES string of the molecule is COCCOCCCNCC(C)(C)CCl. The monoisotopic (exact) mass is 237 g/mol. The summed E-state index contributed by atoms with van der Waals surface area (Å²) in [4.78, 5) is 0. The Morgan fingerprint density at radius 3 is 2.53 bits per heavy atom. The number of halogens is 1. The summed E-state index contributed by atoms with van der Waals surface area (Å²) in [6.45, 7) is 8.39. The second-order valence-corrected chi connectivity index (χ2v) is 4.70. The Morgan fingerprint density at radius 2 is 1.93 bits per heavy atom. The molecule has 0 bridgehead atoms. The fourth-order valence-corrected chi connectivity index (χ4v) is 1.11. The van der Waals surface area contributed by atoms with E-state index in [-0.39, 0.29) is 5.41 Å². The van der Waals surface area contributed by atoms with Crippen LogP contribution < -0.4 is 5.32 Å². The van der Waals surface area contributed by atoms with E-state index in [1.807, 2.05) is 0 Å². The molecule has 0 rings (SSSR count). The fraction of sp³-hybridized carbons (Fsp3) is 1.00. The molecule has 0 unspecified atom stereocenters. The highest BCUT2D eigenvalue weighted by Crippen LogP contribution is 2.14. The van der Waals surface area contributed by atoms with E-state index in [2.05, 4.69) is 19.2 Å². The molecule has 1 N–H and O–H groups in total. The molecule has 0 aliphatic rings. The molecule has 0 radical (unpaired) electrons. The van der Waals surface area contributed by atoms with Crippen LogP contribution in [0.1, 0.15) is 20.3 Å². The predicted octanol–water partition coefficient (Wildman–Crippen LogP) is 1.89. The van der Waals surface area contributed by atoms with Gasteiger partial charge in [0.2, 0.25) is 0 Å². The van der Waals surface area contributed by atoms with Gasteiger partial charge >= 0.3 is 0 Å². The van der Waals surface area contributed by atoms with Crippen LogP contribution in [0.3, 0.4) is 0 Å². The highest BCUT2D eigenvalue weighted by atomic mass is 35.5. The minimum atomic E-state index is 0.179. The topological polar surface area (TPSA) is 30.5 Å². The fourth-order valence-electron chi connectivity index (χ4n) is 1.02. The Kier molecular flexibility index (Phi) is 9.51. The summed E-state index contributed by atoms with van der Waals surface area (Å²) in [5.74, 6) is 0.685. The summed E-state index contributed by atoms with van der Waals surface area (Å²) in [5.41, 5.74) is 0.179. The van der Waals surface area contributed by atoms with Crippen molar-refractivity contribution in [2.24, 2.45) is 5.41 Å². The summed E-state index contributed by atoms with van der Waals surface area (Å²) in [7, 11) is 1.68. The zero-order valence-electron chi connectivity index (χ0n) is 10.1. The summed E-state index contributed by atoms with van der Waals surface area (Å²) in [5, 5.41) is 3.37. The molecule has 3 nitrogen and oxygen atoms in total. The number of hydrogen-bond donors (Lipinski definition) is 1. The maximum absolute atomic E-state index is 5.81. The summed E-state index contributed by atoms with van der Waals surface area (Å²) in [6.07, 6.45) is 1.03. The maximum atomic E-state index is 5.81. The molecular weight excluding hydrogens is 214 g/mol. The highest BCUT2D eigenvalue weighted by Gasteiger charge is 2.14. The Balaban J connectivity index is 3.11. The van der Waals surface area contributed by atoms with Crippen LogP contribution in [0.2, 0.25) is 0 Å². The Bertz CT molecular complexity index is 143. The summed E-state index contributed by atoms with van der Waals surface area (Å²) in [6, 6.07) is 0. The lowest BCUT2D eigenvalue weighted by atomic mass is 9.97. The van der Waals surface area contributed by atoms with Crippen molar-refractivity contribution < 1.29 is 9.47 Å². The van der Waals surface area contributed by atoms with E-state index in [1.54, 1.807) is 7.11 Å². The van der Waals surface area contributed by atoms with Gasteiger partial charge in [-0.05, 0) is 18.4 Å². The molecule has 4 heteroatoms. The van der Waals surface area contributed by atoms with E-state index in [0.717, 1.165) is 26.1 Å². The number of hydrogen-bond acceptors (Lipinski definition) is 3. The number of nitrogens with one attached hydrogen (secondary N) is 1. The van der Waals surface area contributed by atoms with Gasteiger partial charge in [0.15, 0.2) is 0 Å². The van der Waals surface area contributed by atoms with Gasteiger partial charge in [0.25, 0.3) is 0 Å². The van der Waals surface area contributed by atoms with Gasteiger partial charge in [0.1, 0.15) is 0 Å². The van der Waals surface area contributed by atoms with Crippen molar-refractivity contribution >= 4 is 11.6 Å². The molecule has 92 valence electrons. The van der Waals surface area contributed by atoms with Gasteiger partial charge in [-0.1, -0.05) is 13.8 Å². The third-order valence-corrected chi connectivity index (χ3v) is 2.76. The molecule has 0 atom stereocenters. The van der Waals surface area contributed by atoms with E-state index in [0.29, 0.717) is 19.1 Å². The molecule has 0 aromatic carbocycles. The van der Waals surface area contributed by atoms with E-state index in [4.69, 9.17) is 21.1 Å². The number of ether oxygens (including phenoxy) is 2. The van der Waals surface area contributed by atoms with E-state index < -0.39 is 0 Å². The molecule has 0 saturated heterocycles. The van der Waals surface area contributed by atoms with Crippen LogP contribution in [0.25, 0.3) is 0 Å². The van der Waals surface area contributed by atoms with Crippen molar-refractivity contribution in [3.05, 3.63) is 0 Å². The van der Waals surface area contributed by atoms with Gasteiger partial charge in [-0.25, -0.2) is 0 Å². The lowest BCUT2D eigenvalue weighted by Gasteiger charge is -2.21. The Hall–Kier alpha value is 0.170. The highest BCUT2D eigenvalue weighted by molar-refractivity contribution is 6.18. The van der Waals surface area contributed by atoms with Crippen LogP contribution >= 0.6 is 11.6 Å². The van der Waals surface area contributed by atoms with Crippen LogP contribution in [0.15, 0.2) is 0 Å². The second-order valence-electron chi connectivity index (χ2n) is 4.43. The van der Waals surface area contributed by atoms with Crippen molar-refractivity contribution in [2.45, 2.75) is 20.3 Å². The quantitative estimate of drug-likeness (QED) is 0.465. The van der Waals surface area contributed by atoms with Gasteiger partial charge < -0.3 is 14.8 Å². The molecule has 0 aromatic heterocycles. The molecule has 0 spiro atoms. The van der Waals surface area contributed by atoms with Crippen molar-refractivity contribution in [3.8, 4) is 0 Å². The first-order valence-corrected chi connectivity index (χ1v) is 5.99. The molecule has 0 aliphatic carbocycles. The third-order valence-electron chi connectivity index (χ3n) is 2.04.